The van der Waals surface area contributed by atoms with Crippen LogP contribution in [0.25, 0.3) is 0 Å². The van der Waals surface area contributed by atoms with Gasteiger partial charge in [-0.2, -0.15) is 0 Å². The summed E-state index contributed by atoms with van der Waals surface area (Å²) in [6.45, 7) is 0. The normalized spacial score (nSPS) is 16.1. The van der Waals surface area contributed by atoms with Crippen molar-refractivity contribution in [2.45, 2.75) is 38.0 Å². The Kier molecular flexibility index (Phi) is 3.56. The zero-order chi connectivity index (χ0) is 12.3. The Morgan fingerprint density at radius 2 is 2.24 bits per heavy atom. The van der Waals surface area contributed by atoms with E-state index in [9.17, 15) is 4.79 Å². The van der Waals surface area contributed by atoms with Gasteiger partial charge in [0.25, 0.3) is 0 Å². The van der Waals surface area contributed by atoms with Crippen molar-refractivity contribution in [1.82, 2.24) is 9.97 Å². The van der Waals surface area contributed by atoms with Crippen molar-refractivity contribution in [3.8, 4) is 0 Å². The number of rotatable bonds is 4. The summed E-state index contributed by atoms with van der Waals surface area (Å²) in [5, 5.41) is 11.8. The smallest absolute Gasteiger partial charge is 0.307 e. The molecule has 1 aromatic rings. The Bertz CT molecular complexity index is 414. The second-order valence-corrected chi connectivity index (χ2v) is 4.41. The van der Waals surface area contributed by atoms with E-state index in [1.165, 1.54) is 12.8 Å². The number of aromatic nitrogens is 2. The molecule has 0 aliphatic heterocycles. The Hall–Kier alpha value is -1.65. The Labute approximate surface area is 100 Å². The van der Waals surface area contributed by atoms with Crippen LogP contribution >= 0.6 is 0 Å². The van der Waals surface area contributed by atoms with Crippen molar-refractivity contribution in [2.24, 2.45) is 0 Å². The summed E-state index contributed by atoms with van der Waals surface area (Å²) in [7, 11) is 1.77. The first-order valence-corrected chi connectivity index (χ1v) is 5.96. The lowest BCUT2D eigenvalue weighted by Gasteiger charge is -2.13. The molecule has 1 heterocycles. The van der Waals surface area contributed by atoms with Gasteiger partial charge in [-0.3, -0.25) is 4.79 Å². The van der Waals surface area contributed by atoms with E-state index in [1.807, 2.05) is 0 Å². The molecule has 0 amide bonds. The number of carbonyl (C=O) groups is 1. The van der Waals surface area contributed by atoms with Crippen molar-refractivity contribution in [2.75, 3.05) is 12.4 Å². The van der Waals surface area contributed by atoms with Crippen LogP contribution in [0.1, 0.15) is 42.9 Å². The number of carboxylic acid groups (broad SMARTS) is 1. The van der Waals surface area contributed by atoms with Gasteiger partial charge in [-0.25, -0.2) is 9.97 Å². The van der Waals surface area contributed by atoms with E-state index in [-0.39, 0.29) is 6.42 Å². The zero-order valence-corrected chi connectivity index (χ0v) is 9.94. The number of carboxylic acids is 1. The van der Waals surface area contributed by atoms with Crippen molar-refractivity contribution in [1.29, 1.82) is 0 Å². The highest BCUT2D eigenvalue weighted by molar-refractivity contribution is 5.70. The van der Waals surface area contributed by atoms with Crippen LogP contribution in [0, 0.1) is 0 Å². The average molecular weight is 235 g/mol. The minimum absolute atomic E-state index is 0.00975. The van der Waals surface area contributed by atoms with Gasteiger partial charge in [0.15, 0.2) is 0 Å². The molecule has 1 aliphatic carbocycles. The molecule has 1 aromatic heterocycles. The summed E-state index contributed by atoms with van der Waals surface area (Å²) in [6, 6.07) is 0. The number of anilines is 1. The van der Waals surface area contributed by atoms with Gasteiger partial charge in [-0.15, -0.1) is 0 Å². The second kappa shape index (κ2) is 5.12. The molecule has 0 aromatic carbocycles. The minimum atomic E-state index is -0.829. The van der Waals surface area contributed by atoms with Crippen LogP contribution in [-0.2, 0) is 11.2 Å². The molecule has 0 radical (unpaired) electrons. The molecule has 0 atom stereocenters. The molecule has 0 unspecified atom stereocenters. The summed E-state index contributed by atoms with van der Waals surface area (Å²) in [5.41, 5.74) is 1.67. The quantitative estimate of drug-likeness (QED) is 0.832. The van der Waals surface area contributed by atoms with Crippen LogP contribution in [-0.4, -0.2) is 28.1 Å². The molecule has 2 N–H and O–H groups in total. The minimum Gasteiger partial charge on any atom is -0.481 e. The third kappa shape index (κ3) is 2.72. The summed E-state index contributed by atoms with van der Waals surface area (Å²) in [5.74, 6) is 0.144. The van der Waals surface area contributed by atoms with Crippen LogP contribution in [0.4, 0.5) is 5.95 Å². The standard InChI is InChI=1S/C12H17N3O2/c1-13-12-14-7-9(6-10(16)17)11(15-12)8-4-2-3-5-8/h7-8H,2-6H2,1H3,(H,16,17)(H,13,14,15). The van der Waals surface area contributed by atoms with Crippen LogP contribution in [0.3, 0.4) is 0 Å². The SMILES string of the molecule is CNc1ncc(CC(=O)O)c(C2CCCC2)n1. The maximum absolute atomic E-state index is 10.8. The molecular weight excluding hydrogens is 218 g/mol. The van der Waals surface area contributed by atoms with E-state index in [1.54, 1.807) is 13.2 Å². The van der Waals surface area contributed by atoms with Crippen molar-refractivity contribution >= 4 is 11.9 Å². The van der Waals surface area contributed by atoms with E-state index in [0.29, 0.717) is 11.9 Å². The molecule has 2 rings (SSSR count). The fourth-order valence-electron chi connectivity index (χ4n) is 2.39. The molecule has 92 valence electrons. The van der Waals surface area contributed by atoms with Crippen LogP contribution in [0.2, 0.25) is 0 Å². The third-order valence-electron chi connectivity index (χ3n) is 3.21. The second-order valence-electron chi connectivity index (χ2n) is 4.41. The largest absolute Gasteiger partial charge is 0.481 e. The van der Waals surface area contributed by atoms with Crippen LogP contribution in [0.15, 0.2) is 6.20 Å². The van der Waals surface area contributed by atoms with E-state index >= 15 is 0 Å². The first-order chi connectivity index (χ1) is 8.20. The number of aliphatic carboxylic acids is 1. The van der Waals surface area contributed by atoms with Gasteiger partial charge in [-0.05, 0) is 12.8 Å². The molecule has 1 fully saturated rings. The van der Waals surface area contributed by atoms with E-state index in [4.69, 9.17) is 5.11 Å². The molecule has 0 spiro atoms. The first kappa shape index (κ1) is 11.8. The summed E-state index contributed by atoms with van der Waals surface area (Å²) < 4.78 is 0. The molecule has 1 aliphatic rings. The predicted molar refractivity (Wildman–Crippen MR) is 64.1 cm³/mol. The Morgan fingerprint density at radius 1 is 1.53 bits per heavy atom. The first-order valence-electron chi connectivity index (χ1n) is 5.96. The Morgan fingerprint density at radius 3 is 2.82 bits per heavy atom. The van der Waals surface area contributed by atoms with Crippen LogP contribution in [0.5, 0.6) is 0 Å². The average Bonchev–Trinajstić information content (AvgIpc) is 2.82. The van der Waals surface area contributed by atoms with Gasteiger partial charge in [0, 0.05) is 24.7 Å². The fourth-order valence-corrected chi connectivity index (χ4v) is 2.39. The lowest BCUT2D eigenvalue weighted by molar-refractivity contribution is -0.136. The molecule has 0 bridgehead atoms. The zero-order valence-electron chi connectivity index (χ0n) is 9.94. The molecule has 0 saturated heterocycles. The third-order valence-corrected chi connectivity index (χ3v) is 3.21. The maximum Gasteiger partial charge on any atom is 0.307 e. The lowest BCUT2D eigenvalue weighted by atomic mass is 9.98. The van der Waals surface area contributed by atoms with Crippen LogP contribution < -0.4 is 5.32 Å². The number of nitrogens with zero attached hydrogens (tertiary/aromatic N) is 2. The maximum atomic E-state index is 10.8. The van der Waals surface area contributed by atoms with Gasteiger partial charge in [0.05, 0.1) is 12.1 Å². The van der Waals surface area contributed by atoms with Crippen molar-refractivity contribution < 1.29 is 9.90 Å². The van der Waals surface area contributed by atoms with Crippen molar-refractivity contribution in [3.05, 3.63) is 17.5 Å². The highest BCUT2D eigenvalue weighted by atomic mass is 16.4. The highest BCUT2D eigenvalue weighted by Crippen LogP contribution is 2.35. The molecule has 17 heavy (non-hydrogen) atoms. The summed E-state index contributed by atoms with van der Waals surface area (Å²) in [6.07, 6.45) is 6.27. The van der Waals surface area contributed by atoms with E-state index in [2.05, 4.69) is 15.3 Å². The summed E-state index contributed by atoms with van der Waals surface area (Å²) in [4.78, 5) is 19.4. The lowest BCUT2D eigenvalue weighted by Crippen LogP contribution is -2.10. The van der Waals surface area contributed by atoms with Gasteiger partial charge < -0.3 is 10.4 Å². The topological polar surface area (TPSA) is 75.1 Å². The van der Waals surface area contributed by atoms with Crippen molar-refractivity contribution in [3.63, 3.8) is 0 Å². The molecular formula is C12H17N3O2. The molecule has 5 nitrogen and oxygen atoms in total. The Balaban J connectivity index is 2.32. The monoisotopic (exact) mass is 235 g/mol. The predicted octanol–water partition coefficient (Wildman–Crippen LogP) is 1.80. The van der Waals surface area contributed by atoms with E-state index < -0.39 is 5.97 Å². The number of hydrogen-bond donors (Lipinski definition) is 2. The molecule has 1 saturated carbocycles. The van der Waals surface area contributed by atoms with Gasteiger partial charge >= 0.3 is 5.97 Å². The van der Waals surface area contributed by atoms with E-state index in [0.717, 1.165) is 24.1 Å². The highest BCUT2D eigenvalue weighted by Gasteiger charge is 2.23. The fraction of sp³-hybridized carbons (Fsp3) is 0.583. The number of hydrogen-bond acceptors (Lipinski definition) is 4. The molecule has 5 heteroatoms. The number of nitrogens with one attached hydrogen (secondary N) is 1. The summed E-state index contributed by atoms with van der Waals surface area (Å²) >= 11 is 0. The van der Waals surface area contributed by atoms with Gasteiger partial charge in [0.2, 0.25) is 5.95 Å². The van der Waals surface area contributed by atoms with Gasteiger partial charge in [-0.1, -0.05) is 12.8 Å². The van der Waals surface area contributed by atoms with Gasteiger partial charge in [0.1, 0.15) is 0 Å².